The van der Waals surface area contributed by atoms with E-state index in [0.29, 0.717) is 58.5 Å². The van der Waals surface area contributed by atoms with Gasteiger partial charge in [-0.1, -0.05) is 19.3 Å². The third kappa shape index (κ3) is 5.73. The standard InChI is InChI=1S/C17H27F6N3O2/c18-16(19,20)15(17(21,22)23,25-14(27)13-5-2-1-3-6-13)24-7-4-8-26-9-11-28-12-10-26/h13,24H,1-12H2,(H,25,27)/p+2. The number of quaternary nitrogens is 2. The zero-order chi connectivity index (χ0) is 20.8. The molecule has 4 N–H and O–H groups in total. The van der Waals surface area contributed by atoms with Crippen molar-refractivity contribution in [3.05, 3.63) is 0 Å². The van der Waals surface area contributed by atoms with E-state index < -0.39 is 36.4 Å². The van der Waals surface area contributed by atoms with E-state index in [1.165, 1.54) is 5.32 Å². The molecular formula is C17H29F6N3O2+2. The third-order valence-electron chi connectivity index (χ3n) is 5.58. The van der Waals surface area contributed by atoms with Crippen molar-refractivity contribution in [2.75, 3.05) is 39.4 Å². The number of nitrogens with two attached hydrogens (primary N) is 1. The summed E-state index contributed by atoms with van der Waals surface area (Å²) in [5, 5.41) is 1.55. The van der Waals surface area contributed by atoms with Crippen molar-refractivity contribution in [2.45, 2.75) is 56.5 Å². The highest BCUT2D eigenvalue weighted by atomic mass is 19.4. The Balaban J connectivity index is 2.05. The quantitative estimate of drug-likeness (QED) is 0.316. The molecule has 5 nitrogen and oxygen atoms in total. The summed E-state index contributed by atoms with van der Waals surface area (Å²) < 4.78 is 86.7. The average molecular weight is 421 g/mol. The first-order valence-electron chi connectivity index (χ1n) is 9.78. The number of ether oxygens (including phenoxy) is 1. The number of rotatable bonds is 7. The van der Waals surface area contributed by atoms with E-state index in [9.17, 15) is 31.1 Å². The van der Waals surface area contributed by atoms with E-state index in [2.05, 4.69) is 0 Å². The van der Waals surface area contributed by atoms with Gasteiger partial charge in [0.2, 0.25) is 5.91 Å². The molecule has 11 heteroatoms. The highest BCUT2D eigenvalue weighted by Crippen LogP contribution is 2.39. The molecule has 1 aliphatic heterocycles. The maximum atomic E-state index is 13.6. The summed E-state index contributed by atoms with van der Waals surface area (Å²) in [6, 6.07) is 0. The van der Waals surface area contributed by atoms with Gasteiger partial charge in [-0.15, -0.1) is 0 Å². The Kier molecular flexibility index (Phi) is 7.97. The predicted molar refractivity (Wildman–Crippen MR) is 87.4 cm³/mol. The second-order valence-electron chi connectivity index (χ2n) is 7.59. The van der Waals surface area contributed by atoms with Gasteiger partial charge >= 0.3 is 18.0 Å². The monoisotopic (exact) mass is 421 g/mol. The lowest BCUT2D eigenvalue weighted by molar-refractivity contribution is -0.910. The summed E-state index contributed by atoms with van der Waals surface area (Å²) in [6.07, 6.45) is -8.42. The fourth-order valence-electron chi connectivity index (χ4n) is 3.83. The van der Waals surface area contributed by atoms with Gasteiger partial charge in [0.15, 0.2) is 0 Å². The Morgan fingerprint density at radius 3 is 2.11 bits per heavy atom. The number of carbonyl (C=O) groups excluding carboxylic acids is 1. The molecule has 1 amide bonds. The minimum Gasteiger partial charge on any atom is -0.370 e. The van der Waals surface area contributed by atoms with E-state index in [0.717, 1.165) is 11.3 Å². The fraction of sp³-hybridized carbons (Fsp3) is 0.941. The van der Waals surface area contributed by atoms with Gasteiger partial charge in [0.1, 0.15) is 13.1 Å². The lowest BCUT2D eigenvalue weighted by Gasteiger charge is -2.36. The molecule has 1 heterocycles. The highest BCUT2D eigenvalue weighted by molar-refractivity contribution is 5.79. The van der Waals surface area contributed by atoms with Gasteiger partial charge in [-0.3, -0.25) is 10.1 Å². The maximum Gasteiger partial charge on any atom is 0.475 e. The van der Waals surface area contributed by atoms with E-state index in [1.54, 1.807) is 0 Å². The molecule has 0 atom stereocenters. The van der Waals surface area contributed by atoms with Crippen molar-refractivity contribution in [3.8, 4) is 0 Å². The minimum absolute atomic E-state index is 0.169. The number of hydrogen-bond donors (Lipinski definition) is 3. The van der Waals surface area contributed by atoms with Crippen molar-refractivity contribution < 1.29 is 46.1 Å². The molecule has 164 valence electrons. The Morgan fingerprint density at radius 1 is 1.00 bits per heavy atom. The second kappa shape index (κ2) is 9.62. The van der Waals surface area contributed by atoms with Crippen LogP contribution in [0.15, 0.2) is 0 Å². The third-order valence-corrected chi connectivity index (χ3v) is 5.58. The molecule has 1 saturated heterocycles. The molecule has 0 aromatic heterocycles. The molecule has 0 aromatic rings. The van der Waals surface area contributed by atoms with Crippen LogP contribution in [-0.2, 0) is 9.53 Å². The summed E-state index contributed by atoms with van der Waals surface area (Å²) in [4.78, 5) is 13.3. The molecule has 28 heavy (non-hydrogen) atoms. The fourth-order valence-corrected chi connectivity index (χ4v) is 3.83. The van der Waals surface area contributed by atoms with Gasteiger partial charge in [0.25, 0.3) is 0 Å². The summed E-state index contributed by atoms with van der Waals surface area (Å²) in [5.41, 5.74) is -4.31. The Hall–Kier alpha value is -1.07. The van der Waals surface area contributed by atoms with Crippen LogP contribution >= 0.6 is 0 Å². The molecule has 1 saturated carbocycles. The van der Waals surface area contributed by atoms with Crippen molar-refractivity contribution in [1.29, 1.82) is 0 Å². The molecule has 0 radical (unpaired) electrons. The zero-order valence-corrected chi connectivity index (χ0v) is 15.7. The Morgan fingerprint density at radius 2 is 1.57 bits per heavy atom. The average Bonchev–Trinajstić information content (AvgIpc) is 2.63. The van der Waals surface area contributed by atoms with E-state index in [-0.39, 0.29) is 11.7 Å². The summed E-state index contributed by atoms with van der Waals surface area (Å²) in [7, 11) is 0. The van der Waals surface area contributed by atoms with E-state index >= 15 is 0 Å². The first-order valence-corrected chi connectivity index (χ1v) is 9.78. The smallest absolute Gasteiger partial charge is 0.370 e. The van der Waals surface area contributed by atoms with Crippen LogP contribution in [-0.4, -0.2) is 63.3 Å². The highest BCUT2D eigenvalue weighted by Gasteiger charge is 2.76. The van der Waals surface area contributed by atoms with Gasteiger partial charge in [-0.25, -0.2) is 0 Å². The Bertz CT molecular complexity index is 486. The number of alkyl halides is 6. The topological polar surface area (TPSA) is 59.4 Å². The van der Waals surface area contributed by atoms with Gasteiger partial charge in [-0.2, -0.15) is 26.3 Å². The number of amides is 1. The molecule has 2 rings (SSSR count). The number of hydrogen-bond acceptors (Lipinski definition) is 2. The number of nitrogens with one attached hydrogen (secondary N) is 2. The lowest BCUT2D eigenvalue weighted by Crippen LogP contribution is -3.15. The molecule has 0 spiro atoms. The molecule has 0 bridgehead atoms. The van der Waals surface area contributed by atoms with Crippen LogP contribution in [0.5, 0.6) is 0 Å². The maximum absolute atomic E-state index is 13.6. The van der Waals surface area contributed by atoms with Gasteiger partial charge in [0.05, 0.1) is 26.3 Å². The van der Waals surface area contributed by atoms with E-state index in [1.807, 2.05) is 0 Å². The SMILES string of the molecule is O=C(NC([NH2+]CCC[NH+]1CCOCC1)(C(F)(F)F)C(F)(F)F)C1CCCCC1. The molecule has 1 aliphatic carbocycles. The van der Waals surface area contributed by atoms with Crippen molar-refractivity contribution >= 4 is 5.91 Å². The molecular weight excluding hydrogens is 392 g/mol. The van der Waals surface area contributed by atoms with Crippen molar-refractivity contribution in [2.24, 2.45) is 5.92 Å². The van der Waals surface area contributed by atoms with Gasteiger partial charge in [0, 0.05) is 12.3 Å². The van der Waals surface area contributed by atoms with Crippen LogP contribution in [0.1, 0.15) is 38.5 Å². The second-order valence-corrected chi connectivity index (χ2v) is 7.59. The predicted octanol–water partition coefficient (Wildman–Crippen LogP) is 0.372. The number of halogens is 6. The van der Waals surface area contributed by atoms with Gasteiger partial charge < -0.3 is 15.0 Å². The molecule has 2 fully saturated rings. The summed E-state index contributed by atoms with van der Waals surface area (Å²) in [5.74, 6) is -1.96. The van der Waals surface area contributed by atoms with Crippen molar-refractivity contribution in [1.82, 2.24) is 5.32 Å². The Labute approximate surface area is 160 Å². The minimum atomic E-state index is -5.67. The van der Waals surface area contributed by atoms with Crippen LogP contribution in [0.3, 0.4) is 0 Å². The van der Waals surface area contributed by atoms with E-state index in [4.69, 9.17) is 4.74 Å². The molecule has 0 aromatic carbocycles. The zero-order valence-electron chi connectivity index (χ0n) is 15.7. The summed E-state index contributed by atoms with van der Waals surface area (Å²) >= 11 is 0. The number of carbonyl (C=O) groups is 1. The van der Waals surface area contributed by atoms with Crippen LogP contribution in [0, 0.1) is 5.92 Å². The summed E-state index contributed by atoms with van der Waals surface area (Å²) in [6.45, 7) is 2.50. The van der Waals surface area contributed by atoms with Crippen LogP contribution in [0.2, 0.25) is 0 Å². The normalized spacial score (nSPS) is 20.9. The lowest BCUT2D eigenvalue weighted by atomic mass is 9.88. The molecule has 0 unspecified atom stereocenters. The van der Waals surface area contributed by atoms with Crippen LogP contribution in [0.4, 0.5) is 26.3 Å². The first kappa shape index (κ1) is 23.2. The van der Waals surface area contributed by atoms with Gasteiger partial charge in [-0.05, 0) is 12.8 Å². The largest absolute Gasteiger partial charge is 0.475 e. The van der Waals surface area contributed by atoms with Crippen molar-refractivity contribution in [3.63, 3.8) is 0 Å². The first-order chi connectivity index (χ1) is 13.1. The number of morpholine rings is 1. The van der Waals surface area contributed by atoms with Crippen LogP contribution < -0.4 is 15.5 Å². The van der Waals surface area contributed by atoms with Crippen LogP contribution in [0.25, 0.3) is 0 Å². The molecule has 2 aliphatic rings.